The quantitative estimate of drug-likeness (QED) is 0.838. The van der Waals surface area contributed by atoms with E-state index in [1.807, 2.05) is 6.92 Å². The molecule has 6 heteroatoms. The van der Waals surface area contributed by atoms with Crippen LogP contribution in [-0.4, -0.2) is 35.3 Å². The van der Waals surface area contributed by atoms with Gasteiger partial charge in [-0.05, 0) is 19.8 Å². The van der Waals surface area contributed by atoms with Crippen LogP contribution in [0.1, 0.15) is 23.4 Å². The molecule has 0 spiro atoms. The van der Waals surface area contributed by atoms with Crippen molar-refractivity contribution in [3.63, 3.8) is 0 Å². The van der Waals surface area contributed by atoms with Gasteiger partial charge in [0.2, 0.25) is 0 Å². The number of anilines is 1. The molecule has 1 saturated heterocycles. The fraction of sp³-hybridized carbons (Fsp3) is 0.636. The highest BCUT2D eigenvalue weighted by molar-refractivity contribution is 7.15. The molecule has 0 bridgehead atoms. The molecule has 1 aliphatic rings. The first kappa shape index (κ1) is 12.3. The number of carbonyl (C=O) groups is 1. The van der Waals surface area contributed by atoms with E-state index in [-0.39, 0.29) is 12.5 Å². The summed E-state index contributed by atoms with van der Waals surface area (Å²) in [5, 5.41) is 12.7. The smallest absolute Gasteiger partial charge is 0.309 e. The highest BCUT2D eigenvalue weighted by Crippen LogP contribution is 2.23. The van der Waals surface area contributed by atoms with E-state index in [4.69, 9.17) is 9.84 Å². The van der Waals surface area contributed by atoms with Gasteiger partial charge in [0.1, 0.15) is 0 Å². The van der Waals surface area contributed by atoms with Gasteiger partial charge in [-0.25, -0.2) is 4.98 Å². The fourth-order valence-corrected chi connectivity index (χ4v) is 2.65. The summed E-state index contributed by atoms with van der Waals surface area (Å²) in [5.41, 5.74) is 0.650. The van der Waals surface area contributed by atoms with Crippen LogP contribution >= 0.6 is 11.3 Å². The number of nitrogens with zero attached hydrogens (tertiary/aromatic N) is 1. The predicted molar refractivity (Wildman–Crippen MR) is 65.7 cm³/mol. The maximum absolute atomic E-state index is 10.6. The monoisotopic (exact) mass is 256 g/mol. The Morgan fingerprint density at radius 2 is 2.53 bits per heavy atom. The van der Waals surface area contributed by atoms with Crippen molar-refractivity contribution in [1.29, 1.82) is 0 Å². The molecule has 5 nitrogen and oxygen atoms in total. The van der Waals surface area contributed by atoms with Crippen LogP contribution in [0.5, 0.6) is 0 Å². The summed E-state index contributed by atoms with van der Waals surface area (Å²) in [4.78, 5) is 15.9. The van der Waals surface area contributed by atoms with Crippen molar-refractivity contribution < 1.29 is 14.6 Å². The minimum atomic E-state index is -0.843. The lowest BCUT2D eigenvalue weighted by atomic mass is 10.2. The summed E-state index contributed by atoms with van der Waals surface area (Å²) in [6, 6.07) is 0. The average Bonchev–Trinajstić information content (AvgIpc) is 2.86. The van der Waals surface area contributed by atoms with Gasteiger partial charge in [0.25, 0.3) is 0 Å². The first-order valence-electron chi connectivity index (χ1n) is 5.68. The van der Waals surface area contributed by atoms with E-state index in [1.54, 1.807) is 0 Å². The molecule has 1 fully saturated rings. The molecule has 1 unspecified atom stereocenters. The number of thiazole rings is 1. The normalized spacial score (nSPS) is 19.5. The number of aliphatic carboxylic acids is 1. The molecular formula is C11H16N2O3S. The lowest BCUT2D eigenvalue weighted by Gasteiger charge is -2.08. The van der Waals surface area contributed by atoms with Crippen molar-refractivity contribution in [2.75, 3.05) is 18.5 Å². The van der Waals surface area contributed by atoms with Crippen molar-refractivity contribution in [1.82, 2.24) is 4.98 Å². The van der Waals surface area contributed by atoms with Crippen molar-refractivity contribution >= 4 is 22.4 Å². The third-order valence-corrected chi connectivity index (χ3v) is 3.69. The zero-order valence-corrected chi connectivity index (χ0v) is 10.5. The van der Waals surface area contributed by atoms with Crippen molar-refractivity contribution in [3.8, 4) is 0 Å². The zero-order chi connectivity index (χ0) is 12.3. The van der Waals surface area contributed by atoms with Crippen molar-refractivity contribution in [2.24, 2.45) is 0 Å². The van der Waals surface area contributed by atoms with Crippen LogP contribution in [0, 0.1) is 6.92 Å². The van der Waals surface area contributed by atoms with Crippen LogP contribution in [0.2, 0.25) is 0 Å². The Kier molecular flexibility index (Phi) is 3.96. The second-order valence-corrected chi connectivity index (χ2v) is 5.31. The van der Waals surface area contributed by atoms with Crippen LogP contribution < -0.4 is 5.32 Å². The first-order valence-corrected chi connectivity index (χ1v) is 6.50. The maximum Gasteiger partial charge on any atom is 0.309 e. The molecule has 0 radical (unpaired) electrons. The summed E-state index contributed by atoms with van der Waals surface area (Å²) < 4.78 is 5.50. The van der Waals surface area contributed by atoms with Crippen molar-refractivity contribution in [3.05, 3.63) is 10.6 Å². The Labute approximate surface area is 104 Å². The van der Waals surface area contributed by atoms with E-state index in [0.29, 0.717) is 5.69 Å². The maximum atomic E-state index is 10.6. The van der Waals surface area contributed by atoms with Crippen LogP contribution in [-0.2, 0) is 16.0 Å². The Morgan fingerprint density at radius 3 is 3.18 bits per heavy atom. The van der Waals surface area contributed by atoms with Gasteiger partial charge < -0.3 is 15.2 Å². The van der Waals surface area contributed by atoms with Gasteiger partial charge in [-0.2, -0.15) is 0 Å². The molecule has 1 atom stereocenters. The molecule has 2 rings (SSSR count). The number of aryl methyl sites for hydroxylation is 1. The van der Waals surface area contributed by atoms with Gasteiger partial charge in [0.05, 0.1) is 18.2 Å². The number of aromatic nitrogens is 1. The lowest BCUT2D eigenvalue weighted by molar-refractivity contribution is -0.136. The highest BCUT2D eigenvalue weighted by Gasteiger charge is 2.16. The molecule has 1 aliphatic heterocycles. The predicted octanol–water partition coefficient (Wildman–Crippen LogP) is 1.67. The van der Waals surface area contributed by atoms with Crippen molar-refractivity contribution in [2.45, 2.75) is 32.3 Å². The van der Waals surface area contributed by atoms with Gasteiger partial charge in [-0.15, -0.1) is 11.3 Å². The largest absolute Gasteiger partial charge is 0.481 e. The van der Waals surface area contributed by atoms with E-state index in [2.05, 4.69) is 10.3 Å². The van der Waals surface area contributed by atoms with Gasteiger partial charge >= 0.3 is 5.97 Å². The molecule has 2 heterocycles. The minimum Gasteiger partial charge on any atom is -0.481 e. The number of hydrogen-bond donors (Lipinski definition) is 2. The van der Waals surface area contributed by atoms with Gasteiger partial charge in [-0.1, -0.05) is 0 Å². The van der Waals surface area contributed by atoms with Crippen LogP contribution in [0.15, 0.2) is 0 Å². The van der Waals surface area contributed by atoms with E-state index in [9.17, 15) is 4.79 Å². The molecule has 0 aromatic carbocycles. The standard InChI is InChI=1S/C11H16N2O3S/c1-7-9(5-10(14)15)13-11(17-7)12-6-8-3-2-4-16-8/h8H,2-6H2,1H3,(H,12,13)(H,14,15). The van der Waals surface area contributed by atoms with E-state index in [0.717, 1.165) is 36.0 Å². The van der Waals surface area contributed by atoms with E-state index < -0.39 is 5.97 Å². The Hall–Kier alpha value is -1.14. The second-order valence-electron chi connectivity index (χ2n) is 4.11. The number of ether oxygens (including phenoxy) is 1. The highest BCUT2D eigenvalue weighted by atomic mass is 32.1. The summed E-state index contributed by atoms with van der Waals surface area (Å²) >= 11 is 1.50. The summed E-state index contributed by atoms with van der Waals surface area (Å²) in [6.45, 7) is 3.49. The summed E-state index contributed by atoms with van der Waals surface area (Å²) in [7, 11) is 0. The average molecular weight is 256 g/mol. The van der Waals surface area contributed by atoms with Gasteiger partial charge in [-0.3, -0.25) is 4.79 Å². The van der Waals surface area contributed by atoms with E-state index >= 15 is 0 Å². The number of hydrogen-bond acceptors (Lipinski definition) is 5. The third kappa shape index (κ3) is 3.41. The number of nitrogens with one attached hydrogen (secondary N) is 1. The molecular weight excluding hydrogens is 240 g/mol. The van der Waals surface area contributed by atoms with Gasteiger partial charge in [0.15, 0.2) is 5.13 Å². The third-order valence-electron chi connectivity index (χ3n) is 2.72. The molecule has 94 valence electrons. The Bertz CT molecular complexity index is 399. The second kappa shape index (κ2) is 5.46. The zero-order valence-electron chi connectivity index (χ0n) is 9.73. The number of carboxylic acids is 1. The lowest BCUT2D eigenvalue weighted by Crippen LogP contribution is -2.18. The Balaban J connectivity index is 1.90. The molecule has 1 aromatic rings. The van der Waals surface area contributed by atoms with Crippen LogP contribution in [0.25, 0.3) is 0 Å². The van der Waals surface area contributed by atoms with E-state index in [1.165, 1.54) is 11.3 Å². The van der Waals surface area contributed by atoms with Gasteiger partial charge in [0, 0.05) is 18.0 Å². The minimum absolute atomic E-state index is 0.00998. The molecule has 17 heavy (non-hydrogen) atoms. The Morgan fingerprint density at radius 1 is 1.71 bits per heavy atom. The topological polar surface area (TPSA) is 71.5 Å². The summed E-state index contributed by atoms with van der Waals surface area (Å²) in [5.74, 6) is -0.843. The molecule has 0 saturated carbocycles. The molecule has 0 aliphatic carbocycles. The fourth-order valence-electron chi connectivity index (χ4n) is 1.82. The van der Waals surface area contributed by atoms with Crippen LogP contribution in [0.3, 0.4) is 0 Å². The molecule has 2 N–H and O–H groups in total. The number of rotatable bonds is 5. The summed E-state index contributed by atoms with van der Waals surface area (Å²) in [6.07, 6.45) is 2.46. The SMILES string of the molecule is Cc1sc(NCC2CCCO2)nc1CC(=O)O. The molecule has 1 aromatic heterocycles. The first-order chi connectivity index (χ1) is 8.15. The van der Waals surface area contributed by atoms with Crippen LogP contribution in [0.4, 0.5) is 5.13 Å². The number of carboxylic acid groups (broad SMARTS) is 1. The molecule has 0 amide bonds.